The van der Waals surface area contributed by atoms with Crippen LogP contribution in [0.1, 0.15) is 19.8 Å². The van der Waals surface area contributed by atoms with Gasteiger partial charge in [-0.15, -0.1) is 0 Å². The SMILES string of the molecule is CC1NC(=O)CN(CC2CCCS2)C1=O. The molecule has 0 aromatic rings. The van der Waals surface area contributed by atoms with E-state index < -0.39 is 0 Å². The van der Waals surface area contributed by atoms with Crippen LogP contribution >= 0.6 is 11.8 Å². The van der Waals surface area contributed by atoms with Crippen molar-refractivity contribution in [2.75, 3.05) is 18.8 Å². The van der Waals surface area contributed by atoms with Crippen molar-refractivity contribution in [2.45, 2.75) is 31.1 Å². The number of hydrogen-bond donors (Lipinski definition) is 1. The smallest absolute Gasteiger partial charge is 0.245 e. The molecule has 2 fully saturated rings. The fourth-order valence-electron chi connectivity index (χ4n) is 2.06. The quantitative estimate of drug-likeness (QED) is 0.736. The zero-order valence-electron chi connectivity index (χ0n) is 8.86. The Bertz CT molecular complexity index is 277. The van der Waals surface area contributed by atoms with E-state index in [1.54, 1.807) is 11.8 Å². The van der Waals surface area contributed by atoms with Gasteiger partial charge in [0.15, 0.2) is 0 Å². The zero-order chi connectivity index (χ0) is 10.8. The van der Waals surface area contributed by atoms with Gasteiger partial charge in [0.2, 0.25) is 11.8 Å². The number of nitrogens with zero attached hydrogens (tertiary/aromatic N) is 1. The first-order valence-electron chi connectivity index (χ1n) is 5.36. The third-order valence-electron chi connectivity index (χ3n) is 2.84. The fraction of sp³-hybridized carbons (Fsp3) is 0.800. The summed E-state index contributed by atoms with van der Waals surface area (Å²) in [4.78, 5) is 24.8. The Kier molecular flexibility index (Phi) is 3.19. The van der Waals surface area contributed by atoms with Crippen LogP contribution in [-0.4, -0.2) is 46.8 Å². The lowest BCUT2D eigenvalue weighted by atomic mass is 10.2. The molecule has 0 aromatic heterocycles. The Labute approximate surface area is 93.8 Å². The molecule has 5 heteroatoms. The molecule has 15 heavy (non-hydrogen) atoms. The van der Waals surface area contributed by atoms with Crippen LogP contribution in [0.4, 0.5) is 0 Å². The largest absolute Gasteiger partial charge is 0.343 e. The molecule has 2 atom stereocenters. The molecule has 2 aliphatic heterocycles. The summed E-state index contributed by atoms with van der Waals surface area (Å²) >= 11 is 1.91. The van der Waals surface area contributed by atoms with Crippen LogP contribution in [-0.2, 0) is 9.59 Å². The van der Waals surface area contributed by atoms with Gasteiger partial charge in [-0.25, -0.2) is 0 Å². The Morgan fingerprint density at radius 3 is 3.00 bits per heavy atom. The van der Waals surface area contributed by atoms with Crippen molar-refractivity contribution in [1.29, 1.82) is 0 Å². The van der Waals surface area contributed by atoms with Crippen molar-refractivity contribution in [3.05, 3.63) is 0 Å². The number of thioether (sulfide) groups is 1. The molecule has 1 N–H and O–H groups in total. The van der Waals surface area contributed by atoms with Crippen LogP contribution in [0, 0.1) is 0 Å². The van der Waals surface area contributed by atoms with Crippen molar-refractivity contribution in [1.82, 2.24) is 10.2 Å². The lowest BCUT2D eigenvalue weighted by Gasteiger charge is -2.32. The number of nitrogens with one attached hydrogen (secondary N) is 1. The first-order chi connectivity index (χ1) is 7.16. The lowest BCUT2D eigenvalue weighted by Crippen LogP contribution is -2.57. The van der Waals surface area contributed by atoms with Crippen molar-refractivity contribution in [2.24, 2.45) is 0 Å². The van der Waals surface area contributed by atoms with Crippen LogP contribution in [0.2, 0.25) is 0 Å². The van der Waals surface area contributed by atoms with Gasteiger partial charge in [0, 0.05) is 11.8 Å². The predicted molar refractivity (Wildman–Crippen MR) is 59.7 cm³/mol. The molecular weight excluding hydrogens is 212 g/mol. The predicted octanol–water partition coefficient (Wildman–Crippen LogP) is 0.229. The minimum absolute atomic E-state index is 0.0369. The monoisotopic (exact) mass is 228 g/mol. The highest BCUT2D eigenvalue weighted by molar-refractivity contribution is 8.00. The minimum Gasteiger partial charge on any atom is -0.343 e. The van der Waals surface area contributed by atoms with Gasteiger partial charge in [0.25, 0.3) is 0 Å². The molecule has 2 aliphatic rings. The molecule has 2 unspecified atom stereocenters. The summed E-state index contributed by atoms with van der Waals surface area (Å²) in [5.41, 5.74) is 0. The highest BCUT2D eigenvalue weighted by Gasteiger charge is 2.31. The van der Waals surface area contributed by atoms with E-state index in [9.17, 15) is 9.59 Å². The molecule has 2 amide bonds. The summed E-state index contributed by atoms with van der Waals surface area (Å²) in [6, 6.07) is -0.349. The fourth-order valence-corrected chi connectivity index (χ4v) is 3.35. The Balaban J connectivity index is 1.94. The van der Waals surface area contributed by atoms with E-state index in [4.69, 9.17) is 0 Å². The standard InChI is InChI=1S/C10H16N2O2S/c1-7-10(14)12(6-9(13)11-7)5-8-3-2-4-15-8/h7-8H,2-6H2,1H3,(H,11,13). The van der Waals surface area contributed by atoms with Crippen LogP contribution < -0.4 is 5.32 Å². The number of piperazine rings is 1. The van der Waals surface area contributed by atoms with Gasteiger partial charge in [-0.05, 0) is 25.5 Å². The summed E-state index contributed by atoms with van der Waals surface area (Å²) in [5, 5.41) is 3.18. The first kappa shape index (κ1) is 10.8. The van der Waals surface area contributed by atoms with E-state index in [1.165, 1.54) is 18.6 Å². The summed E-state index contributed by atoms with van der Waals surface area (Å²) in [6.45, 7) is 2.72. The van der Waals surface area contributed by atoms with E-state index in [2.05, 4.69) is 5.32 Å². The molecule has 2 saturated heterocycles. The third kappa shape index (κ3) is 2.45. The van der Waals surface area contributed by atoms with Crippen molar-refractivity contribution in [3.8, 4) is 0 Å². The molecule has 0 aliphatic carbocycles. The molecule has 4 nitrogen and oxygen atoms in total. The molecule has 2 heterocycles. The Morgan fingerprint density at radius 2 is 2.33 bits per heavy atom. The molecule has 0 aromatic carbocycles. The van der Waals surface area contributed by atoms with Gasteiger partial charge in [-0.2, -0.15) is 11.8 Å². The van der Waals surface area contributed by atoms with Crippen LogP contribution in [0.3, 0.4) is 0 Å². The maximum absolute atomic E-state index is 11.8. The van der Waals surface area contributed by atoms with E-state index >= 15 is 0 Å². The Morgan fingerprint density at radius 1 is 1.53 bits per heavy atom. The average Bonchev–Trinajstić information content (AvgIpc) is 2.66. The number of carbonyl (C=O) groups is 2. The molecule has 2 rings (SSSR count). The molecule has 0 radical (unpaired) electrons. The van der Waals surface area contributed by atoms with Crippen LogP contribution in [0.25, 0.3) is 0 Å². The van der Waals surface area contributed by atoms with Crippen molar-refractivity contribution >= 4 is 23.6 Å². The summed E-state index contributed by atoms with van der Waals surface area (Å²) in [5.74, 6) is 1.21. The van der Waals surface area contributed by atoms with Gasteiger partial charge in [0.05, 0.1) is 6.54 Å². The third-order valence-corrected chi connectivity index (χ3v) is 4.22. The van der Waals surface area contributed by atoms with E-state index in [-0.39, 0.29) is 24.4 Å². The first-order valence-corrected chi connectivity index (χ1v) is 6.41. The summed E-state index contributed by atoms with van der Waals surface area (Å²) in [6.07, 6.45) is 2.41. The second-order valence-electron chi connectivity index (χ2n) is 4.14. The van der Waals surface area contributed by atoms with Crippen LogP contribution in [0.15, 0.2) is 0 Å². The number of carbonyl (C=O) groups excluding carboxylic acids is 2. The molecule has 84 valence electrons. The Hall–Kier alpha value is -0.710. The average molecular weight is 228 g/mol. The van der Waals surface area contributed by atoms with Gasteiger partial charge < -0.3 is 10.2 Å². The van der Waals surface area contributed by atoms with Crippen molar-refractivity contribution in [3.63, 3.8) is 0 Å². The second kappa shape index (κ2) is 4.43. The van der Waals surface area contributed by atoms with Gasteiger partial charge in [-0.3, -0.25) is 9.59 Å². The summed E-state index contributed by atoms with van der Waals surface area (Å²) in [7, 11) is 0. The topological polar surface area (TPSA) is 49.4 Å². The minimum atomic E-state index is -0.349. The van der Waals surface area contributed by atoms with Gasteiger partial charge in [0.1, 0.15) is 6.04 Å². The molecule has 0 spiro atoms. The van der Waals surface area contributed by atoms with Gasteiger partial charge >= 0.3 is 0 Å². The molecule has 0 bridgehead atoms. The molecular formula is C10H16N2O2S. The normalized spacial score (nSPS) is 31.9. The highest BCUT2D eigenvalue weighted by atomic mass is 32.2. The second-order valence-corrected chi connectivity index (χ2v) is 5.55. The van der Waals surface area contributed by atoms with Crippen LogP contribution in [0.5, 0.6) is 0 Å². The number of amides is 2. The maximum atomic E-state index is 11.8. The maximum Gasteiger partial charge on any atom is 0.245 e. The number of rotatable bonds is 2. The van der Waals surface area contributed by atoms with E-state index in [0.29, 0.717) is 5.25 Å². The van der Waals surface area contributed by atoms with Gasteiger partial charge in [-0.1, -0.05) is 0 Å². The number of hydrogen-bond acceptors (Lipinski definition) is 3. The van der Waals surface area contributed by atoms with Crippen molar-refractivity contribution < 1.29 is 9.59 Å². The van der Waals surface area contributed by atoms with E-state index in [1.807, 2.05) is 11.8 Å². The molecule has 0 saturated carbocycles. The summed E-state index contributed by atoms with van der Waals surface area (Å²) < 4.78 is 0. The lowest BCUT2D eigenvalue weighted by molar-refractivity contribution is -0.143. The highest BCUT2D eigenvalue weighted by Crippen LogP contribution is 2.27. The zero-order valence-corrected chi connectivity index (χ0v) is 9.68. The van der Waals surface area contributed by atoms with E-state index in [0.717, 1.165) is 6.54 Å².